The zero-order valence-corrected chi connectivity index (χ0v) is 12.1. The van der Waals surface area contributed by atoms with Crippen LogP contribution in [-0.4, -0.2) is 31.9 Å². The lowest BCUT2D eigenvalue weighted by Crippen LogP contribution is -2.06. The van der Waals surface area contributed by atoms with Gasteiger partial charge >= 0.3 is 5.97 Å². The minimum atomic E-state index is -0.977. The van der Waals surface area contributed by atoms with Crippen molar-refractivity contribution in [1.82, 2.24) is 15.0 Å². The van der Waals surface area contributed by atoms with E-state index < -0.39 is 5.97 Å². The minimum absolute atomic E-state index is 0.0601. The highest BCUT2D eigenvalue weighted by atomic mass is 16.4. The van der Waals surface area contributed by atoms with Crippen molar-refractivity contribution >= 4 is 17.8 Å². The van der Waals surface area contributed by atoms with Gasteiger partial charge in [0, 0.05) is 18.2 Å². The number of hydrogen-bond donors (Lipinski definition) is 1. The van der Waals surface area contributed by atoms with E-state index in [1.807, 2.05) is 0 Å². The summed E-state index contributed by atoms with van der Waals surface area (Å²) in [4.78, 5) is 23.7. The molecule has 112 valence electrons. The van der Waals surface area contributed by atoms with Gasteiger partial charge in [-0.1, -0.05) is 5.21 Å². The Morgan fingerprint density at radius 3 is 2.86 bits per heavy atom. The number of hydrogen-bond acceptors (Lipinski definition) is 4. The first-order valence-corrected chi connectivity index (χ1v) is 7.02. The second-order valence-corrected chi connectivity index (χ2v) is 5.35. The average molecular weight is 297 g/mol. The van der Waals surface area contributed by atoms with Gasteiger partial charge in [-0.15, -0.1) is 5.10 Å². The maximum Gasteiger partial charge on any atom is 0.335 e. The van der Waals surface area contributed by atoms with E-state index in [0.717, 1.165) is 12.0 Å². The van der Waals surface area contributed by atoms with Gasteiger partial charge in [-0.25, -0.2) is 4.79 Å². The molecule has 3 rings (SSSR count). The van der Waals surface area contributed by atoms with Crippen LogP contribution in [0.4, 0.5) is 0 Å². The largest absolute Gasteiger partial charge is 0.478 e. The van der Waals surface area contributed by atoms with Crippen LogP contribution in [0.3, 0.4) is 0 Å². The van der Waals surface area contributed by atoms with Crippen molar-refractivity contribution in [3.05, 3.63) is 52.4 Å². The van der Waals surface area contributed by atoms with Gasteiger partial charge < -0.3 is 5.11 Å². The number of aromatic nitrogens is 3. The Labute approximate surface area is 127 Å². The summed E-state index contributed by atoms with van der Waals surface area (Å²) in [6, 6.07) is 4.68. The predicted octanol–water partition coefficient (Wildman–Crippen LogP) is 2.12. The first-order valence-electron chi connectivity index (χ1n) is 7.02. The summed E-state index contributed by atoms with van der Waals surface area (Å²) < 4.78 is 1.58. The molecule has 1 heterocycles. The first kappa shape index (κ1) is 14.2. The Balaban J connectivity index is 1.99. The lowest BCUT2D eigenvalue weighted by atomic mass is 9.97. The molecule has 6 nitrogen and oxygen atoms in total. The molecule has 1 aromatic heterocycles. The van der Waals surface area contributed by atoms with Crippen LogP contribution in [-0.2, 0) is 13.5 Å². The Kier molecular flexibility index (Phi) is 3.58. The molecule has 1 aromatic carbocycles. The summed E-state index contributed by atoms with van der Waals surface area (Å²) >= 11 is 0. The zero-order chi connectivity index (χ0) is 15.7. The van der Waals surface area contributed by atoms with Crippen molar-refractivity contribution in [2.75, 3.05) is 0 Å². The third kappa shape index (κ3) is 2.67. The van der Waals surface area contributed by atoms with Crippen molar-refractivity contribution in [2.24, 2.45) is 7.05 Å². The van der Waals surface area contributed by atoms with Crippen molar-refractivity contribution in [3.8, 4) is 0 Å². The average Bonchev–Trinajstić information content (AvgIpc) is 2.83. The fourth-order valence-electron chi connectivity index (χ4n) is 2.66. The maximum atomic E-state index is 12.7. The van der Waals surface area contributed by atoms with Gasteiger partial charge in [0.2, 0.25) is 0 Å². The summed E-state index contributed by atoms with van der Waals surface area (Å²) in [5.74, 6) is -1.04. The number of carboxylic acids is 1. The zero-order valence-electron chi connectivity index (χ0n) is 12.1. The van der Waals surface area contributed by atoms with Gasteiger partial charge in [0.25, 0.3) is 0 Å². The Bertz CT molecular complexity index is 790. The van der Waals surface area contributed by atoms with Gasteiger partial charge in [0.1, 0.15) is 5.69 Å². The SMILES string of the molecule is Cn1cc(/C=C2/CCCc3cc(C(=O)O)ccc3C2=O)nn1. The molecule has 2 aromatic rings. The highest BCUT2D eigenvalue weighted by molar-refractivity contribution is 6.12. The number of carbonyl (C=O) groups excluding carboxylic acids is 1. The molecular formula is C16H15N3O3. The lowest BCUT2D eigenvalue weighted by molar-refractivity contribution is 0.0696. The van der Waals surface area contributed by atoms with Gasteiger partial charge in [-0.2, -0.15) is 0 Å². The number of Topliss-reactive ketones (excluding diaryl/α,β-unsaturated/α-hetero) is 1. The monoisotopic (exact) mass is 297 g/mol. The third-order valence-electron chi connectivity index (χ3n) is 3.72. The minimum Gasteiger partial charge on any atom is -0.478 e. The molecule has 0 saturated heterocycles. The fraction of sp³-hybridized carbons (Fsp3) is 0.250. The van der Waals surface area contributed by atoms with E-state index in [1.54, 1.807) is 36.1 Å². The highest BCUT2D eigenvalue weighted by Gasteiger charge is 2.21. The number of carbonyl (C=O) groups is 2. The molecule has 0 radical (unpaired) electrons. The van der Waals surface area contributed by atoms with Crippen LogP contribution in [0.5, 0.6) is 0 Å². The van der Waals surface area contributed by atoms with Crippen molar-refractivity contribution in [1.29, 1.82) is 0 Å². The van der Waals surface area contributed by atoms with Crippen LogP contribution in [0.25, 0.3) is 6.08 Å². The highest BCUT2D eigenvalue weighted by Crippen LogP contribution is 2.26. The molecule has 1 aliphatic rings. The van der Waals surface area contributed by atoms with E-state index in [0.29, 0.717) is 29.7 Å². The maximum absolute atomic E-state index is 12.7. The van der Waals surface area contributed by atoms with Crippen LogP contribution in [0.1, 0.15) is 44.8 Å². The van der Waals surface area contributed by atoms with Gasteiger partial charge in [0.15, 0.2) is 5.78 Å². The fourth-order valence-corrected chi connectivity index (χ4v) is 2.66. The van der Waals surface area contributed by atoms with Crippen molar-refractivity contribution < 1.29 is 14.7 Å². The summed E-state index contributed by atoms with van der Waals surface area (Å²) in [7, 11) is 1.77. The molecule has 6 heteroatoms. The number of fused-ring (bicyclic) bond motifs is 1. The summed E-state index contributed by atoms with van der Waals surface area (Å²) in [6.07, 6.45) is 5.65. The van der Waals surface area contributed by atoms with Crippen LogP contribution >= 0.6 is 0 Å². The molecule has 1 aliphatic carbocycles. The summed E-state index contributed by atoms with van der Waals surface area (Å²) in [6.45, 7) is 0. The molecule has 0 saturated carbocycles. The molecule has 0 unspecified atom stereocenters. The molecular weight excluding hydrogens is 282 g/mol. The number of aromatic carboxylic acids is 1. The number of nitrogens with zero attached hydrogens (tertiary/aromatic N) is 3. The molecule has 0 aliphatic heterocycles. The van der Waals surface area contributed by atoms with Gasteiger partial charge in [-0.05, 0) is 49.1 Å². The normalized spacial score (nSPS) is 16.4. The number of carboxylic acid groups (broad SMARTS) is 1. The van der Waals surface area contributed by atoms with E-state index in [2.05, 4.69) is 10.3 Å². The standard InChI is InChI=1S/C16H15N3O3/c1-19-9-13(17-18-19)8-11-4-2-3-10-7-12(16(21)22)5-6-14(10)15(11)20/h5-9H,2-4H2,1H3,(H,21,22)/b11-8-. The molecule has 0 spiro atoms. The molecule has 0 atom stereocenters. The van der Waals surface area contributed by atoms with Gasteiger partial charge in [-0.3, -0.25) is 9.48 Å². The van der Waals surface area contributed by atoms with Crippen molar-refractivity contribution in [3.63, 3.8) is 0 Å². The second-order valence-electron chi connectivity index (χ2n) is 5.35. The molecule has 0 bridgehead atoms. The predicted molar refractivity (Wildman–Crippen MR) is 79.6 cm³/mol. The van der Waals surface area contributed by atoms with Crippen LogP contribution < -0.4 is 0 Å². The number of ketones is 1. The Morgan fingerprint density at radius 2 is 2.18 bits per heavy atom. The van der Waals surface area contributed by atoms with E-state index >= 15 is 0 Å². The molecule has 1 N–H and O–H groups in total. The molecule has 0 fully saturated rings. The second kappa shape index (κ2) is 5.55. The number of allylic oxidation sites excluding steroid dienone is 1. The van der Waals surface area contributed by atoms with E-state index in [-0.39, 0.29) is 11.3 Å². The quantitative estimate of drug-likeness (QED) is 0.678. The van der Waals surface area contributed by atoms with Crippen LogP contribution in [0.15, 0.2) is 30.0 Å². The van der Waals surface area contributed by atoms with Crippen LogP contribution in [0.2, 0.25) is 0 Å². The van der Waals surface area contributed by atoms with E-state index in [1.165, 1.54) is 6.07 Å². The Morgan fingerprint density at radius 1 is 1.36 bits per heavy atom. The van der Waals surface area contributed by atoms with Crippen LogP contribution in [0, 0.1) is 0 Å². The molecule has 0 amide bonds. The summed E-state index contributed by atoms with van der Waals surface area (Å²) in [5, 5.41) is 16.9. The number of rotatable bonds is 2. The van der Waals surface area contributed by atoms with E-state index in [4.69, 9.17) is 5.11 Å². The van der Waals surface area contributed by atoms with Crippen molar-refractivity contribution in [2.45, 2.75) is 19.3 Å². The van der Waals surface area contributed by atoms with E-state index in [9.17, 15) is 9.59 Å². The summed E-state index contributed by atoms with van der Waals surface area (Å²) in [5.41, 5.74) is 2.93. The first-order chi connectivity index (χ1) is 10.5. The van der Waals surface area contributed by atoms with Gasteiger partial charge in [0.05, 0.1) is 11.8 Å². The third-order valence-corrected chi connectivity index (χ3v) is 3.72. The number of benzene rings is 1. The number of aryl methyl sites for hydroxylation is 2. The smallest absolute Gasteiger partial charge is 0.335 e. The lowest BCUT2D eigenvalue weighted by Gasteiger charge is -2.06. The topological polar surface area (TPSA) is 85.1 Å². The Hall–Kier alpha value is -2.76. The molecule has 22 heavy (non-hydrogen) atoms.